The number of ether oxygens (including phenoxy) is 2. The number of alkyl halides is 3. The van der Waals surface area contributed by atoms with Gasteiger partial charge in [-0.2, -0.15) is 13.2 Å². The number of pyridine rings is 1. The largest absolute Gasteiger partial charge is 0.496 e. The fourth-order valence-corrected chi connectivity index (χ4v) is 2.43. The molecule has 0 fully saturated rings. The number of hydrogen-bond donors (Lipinski definition) is 0. The van der Waals surface area contributed by atoms with E-state index in [2.05, 4.69) is 15.0 Å². The van der Waals surface area contributed by atoms with Crippen molar-refractivity contribution in [1.29, 1.82) is 0 Å². The molecule has 0 radical (unpaired) electrons. The van der Waals surface area contributed by atoms with Gasteiger partial charge in [0.2, 0.25) is 5.88 Å². The van der Waals surface area contributed by atoms with Crippen LogP contribution in [0.2, 0.25) is 0 Å². The first-order chi connectivity index (χ1) is 12.0. The molecule has 130 valence electrons. The van der Waals surface area contributed by atoms with Crippen LogP contribution in [0.5, 0.6) is 11.6 Å². The fourth-order valence-electron chi connectivity index (χ4n) is 2.43. The van der Waals surface area contributed by atoms with Crippen LogP contribution in [0.1, 0.15) is 24.1 Å². The molecule has 0 atom stereocenters. The standard InChI is InChI=1S/C17H14F3N3O2/c1-24-14-5-3-2-4-12(14)13-9-21-10-23-16(13)25-11-6-7-15(22-8-11)17(18,19)20/h3,5-10H,2,4H2,1H3. The van der Waals surface area contributed by atoms with Crippen LogP contribution >= 0.6 is 0 Å². The number of aromatic nitrogens is 3. The van der Waals surface area contributed by atoms with E-state index in [4.69, 9.17) is 9.47 Å². The quantitative estimate of drug-likeness (QED) is 0.819. The Hall–Kier alpha value is -2.90. The van der Waals surface area contributed by atoms with Gasteiger partial charge < -0.3 is 9.47 Å². The molecule has 2 heterocycles. The molecular weight excluding hydrogens is 335 g/mol. The highest BCUT2D eigenvalue weighted by molar-refractivity contribution is 5.73. The van der Waals surface area contributed by atoms with Gasteiger partial charge in [0.1, 0.15) is 23.5 Å². The van der Waals surface area contributed by atoms with Crippen LogP contribution in [-0.2, 0) is 10.9 Å². The van der Waals surface area contributed by atoms with Gasteiger partial charge in [0.15, 0.2) is 0 Å². The second kappa shape index (κ2) is 6.92. The number of hydrogen-bond acceptors (Lipinski definition) is 5. The monoisotopic (exact) mass is 349 g/mol. The molecule has 0 aromatic carbocycles. The van der Waals surface area contributed by atoms with Crippen molar-refractivity contribution in [1.82, 2.24) is 15.0 Å². The van der Waals surface area contributed by atoms with Gasteiger partial charge in [-0.15, -0.1) is 0 Å². The van der Waals surface area contributed by atoms with E-state index >= 15 is 0 Å². The minimum absolute atomic E-state index is 0.152. The van der Waals surface area contributed by atoms with Crippen LogP contribution in [0.4, 0.5) is 13.2 Å². The zero-order valence-electron chi connectivity index (χ0n) is 13.2. The first-order valence-corrected chi connectivity index (χ1v) is 7.44. The second-order valence-corrected chi connectivity index (χ2v) is 5.21. The number of allylic oxidation sites excluding steroid dienone is 3. The van der Waals surface area contributed by atoms with Crippen molar-refractivity contribution < 1.29 is 22.6 Å². The SMILES string of the molecule is COC1=C(c2cncnc2Oc2ccc(C(F)(F)F)nc2)CCC=C1. The maximum absolute atomic E-state index is 12.6. The van der Waals surface area contributed by atoms with Crippen molar-refractivity contribution in [2.24, 2.45) is 0 Å². The lowest BCUT2D eigenvalue weighted by Gasteiger charge is -2.17. The Labute approximate surface area is 141 Å². The summed E-state index contributed by atoms with van der Waals surface area (Å²) < 4.78 is 48.7. The zero-order chi connectivity index (χ0) is 17.9. The minimum Gasteiger partial charge on any atom is -0.496 e. The molecule has 0 aliphatic heterocycles. The summed E-state index contributed by atoms with van der Waals surface area (Å²) in [5.41, 5.74) is 0.522. The summed E-state index contributed by atoms with van der Waals surface area (Å²) >= 11 is 0. The van der Waals surface area contributed by atoms with E-state index in [0.29, 0.717) is 17.7 Å². The molecule has 0 amide bonds. The third kappa shape index (κ3) is 3.78. The van der Waals surface area contributed by atoms with Crippen LogP contribution in [0, 0.1) is 0 Å². The summed E-state index contributed by atoms with van der Waals surface area (Å²) in [6.45, 7) is 0. The van der Waals surface area contributed by atoms with Crippen LogP contribution < -0.4 is 4.74 Å². The lowest BCUT2D eigenvalue weighted by atomic mass is 9.98. The molecule has 3 rings (SSSR count). The highest BCUT2D eigenvalue weighted by Gasteiger charge is 2.32. The summed E-state index contributed by atoms with van der Waals surface area (Å²) in [5.74, 6) is 1.06. The van der Waals surface area contributed by atoms with Gasteiger partial charge in [-0.05, 0) is 31.1 Å². The lowest BCUT2D eigenvalue weighted by Crippen LogP contribution is -2.07. The lowest BCUT2D eigenvalue weighted by molar-refractivity contribution is -0.141. The van der Waals surface area contributed by atoms with Gasteiger partial charge >= 0.3 is 6.18 Å². The van der Waals surface area contributed by atoms with E-state index in [1.165, 1.54) is 12.4 Å². The summed E-state index contributed by atoms with van der Waals surface area (Å²) in [6, 6.07) is 2.06. The van der Waals surface area contributed by atoms with Gasteiger partial charge in [-0.1, -0.05) is 6.08 Å². The Morgan fingerprint density at radius 1 is 1.12 bits per heavy atom. The predicted octanol–water partition coefficient (Wildman–Crippen LogP) is 4.39. The molecule has 1 aliphatic carbocycles. The predicted molar refractivity (Wildman–Crippen MR) is 83.6 cm³/mol. The maximum atomic E-state index is 12.6. The molecule has 0 bridgehead atoms. The van der Waals surface area contributed by atoms with Crippen LogP contribution in [0.25, 0.3) is 5.57 Å². The number of halogens is 3. The van der Waals surface area contributed by atoms with Gasteiger partial charge in [-0.3, -0.25) is 0 Å². The molecule has 0 saturated heterocycles. The normalized spacial score (nSPS) is 14.6. The van der Waals surface area contributed by atoms with Crippen molar-refractivity contribution in [3.05, 3.63) is 60.0 Å². The molecule has 5 nitrogen and oxygen atoms in total. The molecule has 0 saturated carbocycles. The average Bonchev–Trinajstić information content (AvgIpc) is 2.62. The molecule has 8 heteroatoms. The van der Waals surface area contributed by atoms with E-state index in [1.54, 1.807) is 13.3 Å². The van der Waals surface area contributed by atoms with Crippen molar-refractivity contribution in [3.8, 4) is 11.6 Å². The van der Waals surface area contributed by atoms with Gasteiger partial charge in [0, 0.05) is 11.8 Å². The smallest absolute Gasteiger partial charge is 0.433 e. The van der Waals surface area contributed by atoms with E-state index in [-0.39, 0.29) is 11.6 Å². The Morgan fingerprint density at radius 2 is 1.96 bits per heavy atom. The molecular formula is C17H14F3N3O2. The zero-order valence-corrected chi connectivity index (χ0v) is 13.2. The Morgan fingerprint density at radius 3 is 2.64 bits per heavy atom. The number of methoxy groups -OCH3 is 1. The van der Waals surface area contributed by atoms with Gasteiger partial charge in [-0.25, -0.2) is 15.0 Å². The van der Waals surface area contributed by atoms with Crippen LogP contribution in [-0.4, -0.2) is 22.1 Å². The van der Waals surface area contributed by atoms with E-state index in [1.807, 2.05) is 12.2 Å². The van der Waals surface area contributed by atoms with Crippen molar-refractivity contribution >= 4 is 5.57 Å². The van der Waals surface area contributed by atoms with Crippen LogP contribution in [0.3, 0.4) is 0 Å². The van der Waals surface area contributed by atoms with Crippen molar-refractivity contribution in [2.75, 3.05) is 7.11 Å². The minimum atomic E-state index is -4.49. The highest BCUT2D eigenvalue weighted by Crippen LogP contribution is 2.35. The summed E-state index contributed by atoms with van der Waals surface area (Å²) in [4.78, 5) is 11.5. The topological polar surface area (TPSA) is 57.1 Å². The highest BCUT2D eigenvalue weighted by atomic mass is 19.4. The Balaban J connectivity index is 1.92. The van der Waals surface area contributed by atoms with E-state index < -0.39 is 11.9 Å². The molecule has 1 aliphatic rings. The molecule has 0 unspecified atom stereocenters. The maximum Gasteiger partial charge on any atom is 0.433 e. The van der Waals surface area contributed by atoms with Gasteiger partial charge in [0.25, 0.3) is 0 Å². The third-order valence-electron chi connectivity index (χ3n) is 3.59. The van der Waals surface area contributed by atoms with E-state index in [9.17, 15) is 13.2 Å². The number of rotatable bonds is 4. The first kappa shape index (κ1) is 16.9. The summed E-state index contributed by atoms with van der Waals surface area (Å²) in [5, 5.41) is 0. The molecule has 0 spiro atoms. The Bertz CT molecular complexity index is 815. The third-order valence-corrected chi connectivity index (χ3v) is 3.59. The second-order valence-electron chi connectivity index (χ2n) is 5.21. The summed E-state index contributed by atoms with van der Waals surface area (Å²) in [7, 11) is 1.56. The fraction of sp³-hybridized carbons (Fsp3) is 0.235. The van der Waals surface area contributed by atoms with Crippen molar-refractivity contribution in [3.63, 3.8) is 0 Å². The average molecular weight is 349 g/mol. The molecule has 25 heavy (non-hydrogen) atoms. The Kier molecular flexibility index (Phi) is 4.69. The van der Waals surface area contributed by atoms with Crippen molar-refractivity contribution in [2.45, 2.75) is 19.0 Å². The number of nitrogens with zero attached hydrogens (tertiary/aromatic N) is 3. The molecule has 0 N–H and O–H groups in total. The first-order valence-electron chi connectivity index (χ1n) is 7.44. The summed E-state index contributed by atoms with van der Waals surface area (Å²) in [6.07, 6.45) is 4.82. The van der Waals surface area contributed by atoms with Gasteiger partial charge in [0.05, 0.1) is 18.9 Å². The molecule has 2 aromatic heterocycles. The molecule has 2 aromatic rings. The van der Waals surface area contributed by atoms with E-state index in [0.717, 1.165) is 24.3 Å². The van der Waals surface area contributed by atoms with Crippen LogP contribution in [0.15, 0.2) is 48.8 Å².